The molecule has 0 radical (unpaired) electrons. The summed E-state index contributed by atoms with van der Waals surface area (Å²) in [5.41, 5.74) is 7.52. The van der Waals surface area contributed by atoms with Gasteiger partial charge in [0.05, 0.1) is 0 Å². The molecule has 1 aromatic carbocycles. The average Bonchev–Trinajstić information content (AvgIpc) is 2.42. The van der Waals surface area contributed by atoms with Crippen LogP contribution in [0.1, 0.15) is 56.5 Å². The maximum atomic E-state index is 12.8. The molecule has 0 unspecified atom stereocenters. The van der Waals surface area contributed by atoms with Crippen molar-refractivity contribution in [2.24, 2.45) is 5.73 Å². The molecule has 0 aliphatic rings. The molecule has 0 atom stereocenters. The van der Waals surface area contributed by atoms with Gasteiger partial charge in [0, 0.05) is 25.2 Å². The number of rotatable bonds is 6. The Bertz CT molecular complexity index is 435. The van der Waals surface area contributed by atoms with E-state index in [1.807, 2.05) is 29.2 Å². The van der Waals surface area contributed by atoms with Crippen LogP contribution in [-0.4, -0.2) is 30.4 Å². The second kappa shape index (κ2) is 7.44. The minimum absolute atomic E-state index is 0.0363. The Balaban J connectivity index is 3.05. The van der Waals surface area contributed by atoms with Crippen molar-refractivity contribution in [2.75, 3.05) is 19.6 Å². The molecule has 1 aromatic rings. The Morgan fingerprint density at radius 2 is 1.85 bits per heavy atom. The van der Waals surface area contributed by atoms with E-state index >= 15 is 0 Å². The van der Waals surface area contributed by atoms with Crippen molar-refractivity contribution in [3.63, 3.8) is 0 Å². The molecule has 0 heterocycles. The van der Waals surface area contributed by atoms with Crippen LogP contribution in [0, 0.1) is 0 Å². The monoisotopic (exact) mass is 276 g/mol. The predicted octanol–water partition coefficient (Wildman–Crippen LogP) is 3.19. The lowest BCUT2D eigenvalue weighted by Crippen LogP contribution is -2.37. The first kappa shape index (κ1) is 16.7. The van der Waals surface area contributed by atoms with Gasteiger partial charge in [-0.15, -0.1) is 0 Å². The van der Waals surface area contributed by atoms with Crippen LogP contribution in [0.3, 0.4) is 0 Å². The molecule has 1 rings (SSSR count). The molecule has 1 amide bonds. The molecule has 0 aliphatic carbocycles. The first-order valence-electron chi connectivity index (χ1n) is 7.50. The lowest BCUT2D eigenvalue weighted by Gasteiger charge is -2.27. The number of unbranched alkanes of at least 4 members (excludes halogenated alkanes) is 1. The van der Waals surface area contributed by atoms with Gasteiger partial charge >= 0.3 is 0 Å². The van der Waals surface area contributed by atoms with Gasteiger partial charge in [0.25, 0.3) is 5.91 Å². The van der Waals surface area contributed by atoms with Gasteiger partial charge in [0.15, 0.2) is 0 Å². The number of benzene rings is 1. The highest BCUT2D eigenvalue weighted by molar-refractivity contribution is 5.96. The molecular weight excluding hydrogens is 248 g/mol. The van der Waals surface area contributed by atoms with Gasteiger partial charge in [-0.2, -0.15) is 0 Å². The molecule has 0 spiro atoms. The average molecular weight is 276 g/mol. The second-order valence-electron chi connectivity index (χ2n) is 6.23. The Hall–Kier alpha value is -1.35. The minimum atomic E-state index is -0.0363. The number of carbonyl (C=O) groups excluding carboxylic acids is 1. The molecule has 0 bridgehead atoms. The standard InChI is InChI=1S/C17H28N2O/c1-5-6-12-19(13-11-18)16(20)14-9-7-8-10-15(14)17(2,3)4/h7-10H,5-6,11-13,18H2,1-4H3. The third kappa shape index (κ3) is 4.34. The molecular formula is C17H28N2O. The minimum Gasteiger partial charge on any atom is -0.337 e. The third-order valence-electron chi connectivity index (χ3n) is 3.43. The SMILES string of the molecule is CCCCN(CCN)C(=O)c1ccccc1C(C)(C)C. The highest BCUT2D eigenvalue weighted by Gasteiger charge is 2.23. The lowest BCUT2D eigenvalue weighted by atomic mass is 9.83. The highest BCUT2D eigenvalue weighted by atomic mass is 16.2. The molecule has 3 heteroatoms. The maximum absolute atomic E-state index is 12.8. The van der Waals surface area contributed by atoms with E-state index in [2.05, 4.69) is 27.7 Å². The number of nitrogens with two attached hydrogens (primary N) is 1. The Labute approximate surface area is 123 Å². The normalized spacial score (nSPS) is 11.4. The summed E-state index contributed by atoms with van der Waals surface area (Å²) in [5.74, 6) is 0.106. The molecule has 0 saturated carbocycles. The molecule has 0 fully saturated rings. The van der Waals surface area contributed by atoms with E-state index in [-0.39, 0.29) is 11.3 Å². The molecule has 0 aromatic heterocycles. The van der Waals surface area contributed by atoms with Crippen LogP contribution >= 0.6 is 0 Å². The van der Waals surface area contributed by atoms with E-state index in [1.165, 1.54) is 0 Å². The summed E-state index contributed by atoms with van der Waals surface area (Å²) in [7, 11) is 0. The number of nitrogens with zero attached hydrogens (tertiary/aromatic N) is 1. The van der Waals surface area contributed by atoms with Crippen LogP contribution in [0.2, 0.25) is 0 Å². The van der Waals surface area contributed by atoms with Crippen molar-refractivity contribution < 1.29 is 4.79 Å². The van der Waals surface area contributed by atoms with Gasteiger partial charge in [-0.1, -0.05) is 52.3 Å². The van der Waals surface area contributed by atoms with Crippen LogP contribution in [0.5, 0.6) is 0 Å². The molecule has 20 heavy (non-hydrogen) atoms. The molecule has 112 valence electrons. The Morgan fingerprint density at radius 3 is 2.40 bits per heavy atom. The van der Waals surface area contributed by atoms with E-state index in [4.69, 9.17) is 5.73 Å². The highest BCUT2D eigenvalue weighted by Crippen LogP contribution is 2.26. The molecule has 0 aliphatic heterocycles. The van der Waals surface area contributed by atoms with E-state index < -0.39 is 0 Å². The van der Waals surface area contributed by atoms with Crippen molar-refractivity contribution in [3.05, 3.63) is 35.4 Å². The number of hydrogen-bond acceptors (Lipinski definition) is 2. The summed E-state index contributed by atoms with van der Waals surface area (Å²) in [4.78, 5) is 14.7. The Morgan fingerprint density at radius 1 is 1.20 bits per heavy atom. The van der Waals surface area contributed by atoms with Crippen molar-refractivity contribution >= 4 is 5.91 Å². The first-order chi connectivity index (χ1) is 9.41. The third-order valence-corrected chi connectivity index (χ3v) is 3.43. The molecule has 3 nitrogen and oxygen atoms in total. The van der Waals surface area contributed by atoms with Crippen molar-refractivity contribution in [3.8, 4) is 0 Å². The number of amides is 1. The fourth-order valence-corrected chi connectivity index (χ4v) is 2.31. The summed E-state index contributed by atoms with van der Waals surface area (Å²) >= 11 is 0. The van der Waals surface area contributed by atoms with E-state index in [0.29, 0.717) is 13.1 Å². The largest absolute Gasteiger partial charge is 0.337 e. The van der Waals surface area contributed by atoms with Gasteiger partial charge in [-0.3, -0.25) is 4.79 Å². The van der Waals surface area contributed by atoms with Crippen molar-refractivity contribution in [2.45, 2.75) is 46.0 Å². The smallest absolute Gasteiger partial charge is 0.254 e. The van der Waals surface area contributed by atoms with Gasteiger partial charge in [0.2, 0.25) is 0 Å². The number of carbonyl (C=O) groups is 1. The van der Waals surface area contributed by atoms with E-state index in [1.54, 1.807) is 0 Å². The maximum Gasteiger partial charge on any atom is 0.254 e. The molecule has 2 N–H and O–H groups in total. The zero-order valence-electron chi connectivity index (χ0n) is 13.3. The fourth-order valence-electron chi connectivity index (χ4n) is 2.31. The summed E-state index contributed by atoms with van der Waals surface area (Å²) < 4.78 is 0. The van der Waals surface area contributed by atoms with Crippen LogP contribution in [0.4, 0.5) is 0 Å². The Kier molecular flexibility index (Phi) is 6.21. The summed E-state index contributed by atoms with van der Waals surface area (Å²) in [5, 5.41) is 0. The predicted molar refractivity (Wildman–Crippen MR) is 85.0 cm³/mol. The summed E-state index contributed by atoms with van der Waals surface area (Å²) in [6.07, 6.45) is 2.10. The summed E-state index contributed by atoms with van der Waals surface area (Å²) in [6.45, 7) is 10.5. The van der Waals surface area contributed by atoms with Crippen LogP contribution < -0.4 is 5.73 Å². The summed E-state index contributed by atoms with van der Waals surface area (Å²) in [6, 6.07) is 7.91. The van der Waals surface area contributed by atoms with Crippen LogP contribution in [0.15, 0.2) is 24.3 Å². The van der Waals surface area contributed by atoms with Crippen LogP contribution in [-0.2, 0) is 5.41 Å². The molecule has 0 saturated heterocycles. The van der Waals surface area contributed by atoms with Gasteiger partial charge in [-0.05, 0) is 23.5 Å². The number of hydrogen-bond donors (Lipinski definition) is 1. The zero-order valence-corrected chi connectivity index (χ0v) is 13.3. The van der Waals surface area contributed by atoms with Crippen LogP contribution in [0.25, 0.3) is 0 Å². The van der Waals surface area contributed by atoms with Crippen molar-refractivity contribution in [1.29, 1.82) is 0 Å². The quantitative estimate of drug-likeness (QED) is 0.867. The zero-order chi connectivity index (χ0) is 15.2. The topological polar surface area (TPSA) is 46.3 Å². The fraction of sp³-hybridized carbons (Fsp3) is 0.588. The lowest BCUT2D eigenvalue weighted by molar-refractivity contribution is 0.0755. The van der Waals surface area contributed by atoms with Gasteiger partial charge < -0.3 is 10.6 Å². The van der Waals surface area contributed by atoms with E-state index in [9.17, 15) is 4.79 Å². The first-order valence-corrected chi connectivity index (χ1v) is 7.50. The van der Waals surface area contributed by atoms with Gasteiger partial charge in [-0.25, -0.2) is 0 Å². The van der Waals surface area contributed by atoms with E-state index in [0.717, 1.165) is 30.5 Å². The van der Waals surface area contributed by atoms with Gasteiger partial charge in [0.1, 0.15) is 0 Å². The second-order valence-corrected chi connectivity index (χ2v) is 6.23. The van der Waals surface area contributed by atoms with Crippen molar-refractivity contribution in [1.82, 2.24) is 4.90 Å².